The van der Waals surface area contributed by atoms with E-state index in [-0.39, 0.29) is 4.74 Å². The summed E-state index contributed by atoms with van der Waals surface area (Å²) in [6, 6.07) is 0. The number of rotatable bonds is 3. The molecule has 0 amide bonds. The Hall–Kier alpha value is -0.940. The second kappa shape index (κ2) is 5.21. The van der Waals surface area contributed by atoms with E-state index in [9.17, 15) is 4.79 Å². The molecule has 0 N–H and O–H groups in total. The fourth-order valence-corrected chi connectivity index (χ4v) is 5.11. The standard InChI is InChI=1S/C14H18N2OS2/c1-3-16(4-2)14-15-12-11(13(17)19-14)9-7-5-6-8-10(9)18-12/h3-8H2,1-2H3. The highest BCUT2D eigenvalue weighted by atomic mass is 32.1. The predicted molar refractivity (Wildman–Crippen MR) is 84.0 cm³/mol. The van der Waals surface area contributed by atoms with Crippen molar-refractivity contribution in [3.63, 3.8) is 0 Å². The maximum atomic E-state index is 12.4. The van der Waals surface area contributed by atoms with E-state index in [1.165, 1.54) is 34.6 Å². The van der Waals surface area contributed by atoms with E-state index >= 15 is 0 Å². The van der Waals surface area contributed by atoms with Crippen LogP contribution in [0, 0.1) is 0 Å². The summed E-state index contributed by atoms with van der Waals surface area (Å²) in [6.07, 6.45) is 4.64. The lowest BCUT2D eigenvalue weighted by atomic mass is 9.98. The van der Waals surface area contributed by atoms with E-state index in [0.717, 1.165) is 41.3 Å². The quantitative estimate of drug-likeness (QED) is 0.869. The van der Waals surface area contributed by atoms with Crippen molar-refractivity contribution in [2.45, 2.75) is 39.5 Å². The first-order valence-electron chi connectivity index (χ1n) is 6.95. The first-order valence-corrected chi connectivity index (χ1v) is 8.58. The Bertz CT molecular complexity index is 655. The molecule has 2 aromatic rings. The van der Waals surface area contributed by atoms with Gasteiger partial charge in [0.15, 0.2) is 5.13 Å². The van der Waals surface area contributed by atoms with Gasteiger partial charge in [0, 0.05) is 18.0 Å². The molecule has 2 aromatic heterocycles. The van der Waals surface area contributed by atoms with E-state index < -0.39 is 0 Å². The molecule has 5 heteroatoms. The Balaban J connectivity index is 2.19. The number of aromatic nitrogens is 1. The van der Waals surface area contributed by atoms with Gasteiger partial charge in [-0.3, -0.25) is 4.79 Å². The highest BCUT2D eigenvalue weighted by Gasteiger charge is 2.20. The predicted octanol–water partition coefficient (Wildman–Crippen LogP) is 3.44. The fourth-order valence-electron chi connectivity index (χ4n) is 2.71. The summed E-state index contributed by atoms with van der Waals surface area (Å²) in [6.45, 7) is 6.00. The maximum Gasteiger partial charge on any atom is 0.246 e. The van der Waals surface area contributed by atoms with Gasteiger partial charge < -0.3 is 4.90 Å². The number of thiophene rings is 1. The monoisotopic (exact) mass is 294 g/mol. The number of nitrogens with zero attached hydrogens (tertiary/aromatic N) is 2. The number of fused-ring (bicyclic) bond motifs is 3. The average molecular weight is 294 g/mol. The highest BCUT2D eigenvalue weighted by Crippen LogP contribution is 2.35. The van der Waals surface area contributed by atoms with Crippen LogP contribution in [0.3, 0.4) is 0 Å². The third-order valence-corrected chi connectivity index (χ3v) is 5.88. The molecular formula is C14H18N2OS2. The molecule has 0 fully saturated rings. The van der Waals surface area contributed by atoms with Crippen molar-refractivity contribution in [3.8, 4) is 0 Å². The molecule has 102 valence electrons. The first-order chi connectivity index (χ1) is 9.24. The van der Waals surface area contributed by atoms with Gasteiger partial charge in [-0.15, -0.1) is 11.3 Å². The minimum atomic E-state index is 0.200. The molecule has 1 aliphatic carbocycles. The maximum absolute atomic E-state index is 12.4. The van der Waals surface area contributed by atoms with Gasteiger partial charge >= 0.3 is 0 Å². The zero-order valence-corrected chi connectivity index (χ0v) is 13.0. The van der Waals surface area contributed by atoms with E-state index in [1.807, 2.05) is 0 Å². The highest BCUT2D eigenvalue weighted by molar-refractivity contribution is 7.20. The smallest absolute Gasteiger partial charge is 0.246 e. The zero-order valence-electron chi connectivity index (χ0n) is 11.4. The molecule has 3 nitrogen and oxygen atoms in total. The van der Waals surface area contributed by atoms with E-state index in [4.69, 9.17) is 4.98 Å². The normalized spacial score (nSPS) is 14.6. The van der Waals surface area contributed by atoms with Crippen LogP contribution in [0.25, 0.3) is 10.2 Å². The van der Waals surface area contributed by atoms with Crippen LogP contribution in [0.2, 0.25) is 0 Å². The van der Waals surface area contributed by atoms with Gasteiger partial charge in [-0.25, -0.2) is 4.98 Å². The minimum absolute atomic E-state index is 0.200. The molecule has 0 saturated heterocycles. The molecule has 0 aromatic carbocycles. The Labute approximate surface area is 120 Å². The average Bonchev–Trinajstić information content (AvgIpc) is 2.78. The van der Waals surface area contributed by atoms with E-state index in [2.05, 4.69) is 18.7 Å². The number of anilines is 1. The van der Waals surface area contributed by atoms with Gasteiger partial charge in [0.2, 0.25) is 4.74 Å². The van der Waals surface area contributed by atoms with Gasteiger partial charge in [-0.05, 0) is 45.1 Å². The molecule has 19 heavy (non-hydrogen) atoms. The summed E-state index contributed by atoms with van der Waals surface area (Å²) in [4.78, 5) is 21.7. The van der Waals surface area contributed by atoms with Crippen LogP contribution in [0.15, 0.2) is 4.79 Å². The Kier molecular flexibility index (Phi) is 3.58. The van der Waals surface area contributed by atoms with Crippen molar-refractivity contribution in [1.29, 1.82) is 0 Å². The van der Waals surface area contributed by atoms with Gasteiger partial charge in [-0.1, -0.05) is 11.3 Å². The van der Waals surface area contributed by atoms with Crippen LogP contribution in [0.4, 0.5) is 5.13 Å². The Morgan fingerprint density at radius 1 is 1.16 bits per heavy atom. The topological polar surface area (TPSA) is 33.2 Å². The number of hydrogen-bond donors (Lipinski definition) is 0. The zero-order chi connectivity index (χ0) is 13.4. The van der Waals surface area contributed by atoms with Crippen LogP contribution in [0.1, 0.15) is 37.1 Å². The second-order valence-electron chi connectivity index (χ2n) is 4.85. The van der Waals surface area contributed by atoms with Gasteiger partial charge in [0.05, 0.1) is 5.39 Å². The van der Waals surface area contributed by atoms with E-state index in [1.54, 1.807) is 11.3 Å². The SMILES string of the molecule is CCN(CC)c1nc2sc3c(c2c(=O)s1)CCCC3. The van der Waals surface area contributed by atoms with E-state index in [0.29, 0.717) is 0 Å². The summed E-state index contributed by atoms with van der Waals surface area (Å²) in [5, 5.41) is 1.79. The largest absolute Gasteiger partial charge is 0.349 e. The first kappa shape index (κ1) is 13.1. The third kappa shape index (κ3) is 2.19. The lowest BCUT2D eigenvalue weighted by molar-refractivity contribution is 0.700. The van der Waals surface area contributed by atoms with Crippen LogP contribution in [0.5, 0.6) is 0 Å². The molecule has 3 rings (SSSR count). The van der Waals surface area contributed by atoms with Crippen LogP contribution < -0.4 is 9.64 Å². The molecule has 2 heterocycles. The van der Waals surface area contributed by atoms with Crippen LogP contribution in [-0.2, 0) is 12.8 Å². The molecule has 0 saturated carbocycles. The fraction of sp³-hybridized carbons (Fsp3) is 0.571. The van der Waals surface area contributed by atoms with Crippen molar-refractivity contribution in [2.75, 3.05) is 18.0 Å². The number of aryl methyl sites for hydroxylation is 2. The minimum Gasteiger partial charge on any atom is -0.349 e. The molecule has 0 radical (unpaired) electrons. The third-order valence-electron chi connectivity index (χ3n) is 3.77. The number of hydrogen-bond acceptors (Lipinski definition) is 5. The molecule has 0 unspecified atom stereocenters. The summed E-state index contributed by atoms with van der Waals surface area (Å²) < 4.78 is 0.200. The molecular weight excluding hydrogens is 276 g/mol. The molecule has 0 aliphatic heterocycles. The Morgan fingerprint density at radius 2 is 1.89 bits per heavy atom. The molecule has 1 aliphatic rings. The summed E-state index contributed by atoms with van der Waals surface area (Å²) in [5.41, 5.74) is 1.30. The van der Waals surface area contributed by atoms with Crippen molar-refractivity contribution < 1.29 is 0 Å². The van der Waals surface area contributed by atoms with Crippen molar-refractivity contribution in [1.82, 2.24) is 4.98 Å². The molecule has 0 spiro atoms. The van der Waals surface area contributed by atoms with Gasteiger partial charge in [-0.2, -0.15) is 0 Å². The van der Waals surface area contributed by atoms with Gasteiger partial charge in [0.1, 0.15) is 4.83 Å². The van der Waals surface area contributed by atoms with Crippen molar-refractivity contribution in [3.05, 3.63) is 20.0 Å². The van der Waals surface area contributed by atoms with Crippen molar-refractivity contribution >= 4 is 38.0 Å². The summed E-state index contributed by atoms with van der Waals surface area (Å²) in [5.74, 6) is 0. The second-order valence-corrected chi connectivity index (χ2v) is 6.87. The lowest BCUT2D eigenvalue weighted by Gasteiger charge is -2.18. The van der Waals surface area contributed by atoms with Crippen LogP contribution >= 0.6 is 22.7 Å². The lowest BCUT2D eigenvalue weighted by Crippen LogP contribution is -2.23. The molecule has 0 atom stereocenters. The molecule has 0 bridgehead atoms. The Morgan fingerprint density at radius 3 is 2.63 bits per heavy atom. The summed E-state index contributed by atoms with van der Waals surface area (Å²) in [7, 11) is 0. The summed E-state index contributed by atoms with van der Waals surface area (Å²) >= 11 is 3.04. The van der Waals surface area contributed by atoms with Crippen molar-refractivity contribution in [2.24, 2.45) is 0 Å². The van der Waals surface area contributed by atoms with Crippen LogP contribution in [-0.4, -0.2) is 18.1 Å². The van der Waals surface area contributed by atoms with Gasteiger partial charge in [0.25, 0.3) is 0 Å².